The Balaban J connectivity index is 1.24. The highest BCUT2D eigenvalue weighted by molar-refractivity contribution is 6.23. The van der Waals surface area contributed by atoms with Crippen LogP contribution in [-0.4, -0.2) is 11.7 Å². The Morgan fingerprint density at radius 2 is 1.11 bits per heavy atom. The molecular weight excluding hydrogens is 574 g/mol. The summed E-state index contributed by atoms with van der Waals surface area (Å²) in [5.74, 6) is 1.46. The summed E-state index contributed by atoms with van der Waals surface area (Å²) in [5, 5.41) is 8.05. The molecule has 4 heteroatoms. The highest BCUT2D eigenvalue weighted by atomic mass is 16.3. The largest absolute Gasteiger partial charge is 0.455 e. The molecule has 8 aromatic rings. The van der Waals surface area contributed by atoms with Crippen molar-refractivity contribution >= 4 is 44.4 Å². The first-order valence-corrected chi connectivity index (χ1v) is 15.9. The lowest BCUT2D eigenvalue weighted by atomic mass is 9.96. The molecule has 1 N–H and O–H groups in total. The molecule has 1 aromatic heterocycles. The van der Waals surface area contributed by atoms with E-state index < -0.39 is 0 Å². The number of hydrogen-bond donors (Lipinski definition) is 1. The average molecular weight is 604 g/mol. The van der Waals surface area contributed by atoms with Crippen LogP contribution in [0.1, 0.15) is 22.9 Å². The molecule has 0 spiro atoms. The molecule has 0 amide bonds. The Kier molecular flexibility index (Phi) is 6.50. The summed E-state index contributed by atoms with van der Waals surface area (Å²) in [4.78, 5) is 10.5. The van der Waals surface area contributed by atoms with Crippen LogP contribution in [0, 0.1) is 0 Å². The van der Waals surface area contributed by atoms with Crippen molar-refractivity contribution in [3.8, 4) is 22.3 Å². The zero-order chi connectivity index (χ0) is 31.2. The van der Waals surface area contributed by atoms with Gasteiger partial charge >= 0.3 is 0 Å². The third-order valence-corrected chi connectivity index (χ3v) is 8.98. The number of fused-ring (bicyclic) bond motifs is 4. The van der Waals surface area contributed by atoms with Crippen LogP contribution in [0.25, 0.3) is 55.0 Å². The van der Waals surface area contributed by atoms with Crippen molar-refractivity contribution in [3.63, 3.8) is 0 Å². The van der Waals surface area contributed by atoms with Gasteiger partial charge in [0, 0.05) is 33.0 Å². The molecule has 1 atom stereocenters. The highest BCUT2D eigenvalue weighted by Crippen LogP contribution is 2.40. The van der Waals surface area contributed by atoms with Crippen LogP contribution in [0.4, 0.5) is 0 Å². The molecule has 9 rings (SSSR count). The van der Waals surface area contributed by atoms with E-state index in [0.29, 0.717) is 5.84 Å². The number of nitrogens with one attached hydrogen (secondary N) is 1. The summed E-state index contributed by atoms with van der Waals surface area (Å²) in [6, 6.07) is 56.8. The molecule has 2 heterocycles. The normalized spacial score (nSPS) is 14.6. The summed E-state index contributed by atoms with van der Waals surface area (Å²) >= 11 is 0. The number of hydrogen-bond acceptors (Lipinski definition) is 4. The van der Waals surface area contributed by atoms with Gasteiger partial charge in [0.2, 0.25) is 0 Å². The van der Waals surface area contributed by atoms with Crippen molar-refractivity contribution in [2.45, 2.75) is 6.17 Å². The SMILES string of the molecule is c1ccc(C2=NC(c3ccc(-c4ccc(-c5ccccc5)cc4)c4oc5ccccc5c34)=NC(c3cccc4ccccc34)N2)cc1. The summed E-state index contributed by atoms with van der Waals surface area (Å²) < 4.78 is 6.65. The first-order chi connectivity index (χ1) is 23.3. The molecule has 7 aromatic carbocycles. The fourth-order valence-electron chi connectivity index (χ4n) is 6.68. The van der Waals surface area contributed by atoms with Gasteiger partial charge in [0.05, 0.1) is 0 Å². The van der Waals surface area contributed by atoms with E-state index in [4.69, 9.17) is 14.4 Å². The molecule has 1 aliphatic rings. The molecule has 0 radical (unpaired) electrons. The van der Waals surface area contributed by atoms with Crippen molar-refractivity contribution in [2.75, 3.05) is 0 Å². The number of rotatable bonds is 5. The zero-order valence-corrected chi connectivity index (χ0v) is 25.5. The molecule has 1 unspecified atom stereocenters. The second-order valence-corrected chi connectivity index (χ2v) is 11.8. The molecule has 0 saturated carbocycles. The van der Waals surface area contributed by atoms with E-state index in [2.05, 4.69) is 133 Å². The molecule has 0 bridgehead atoms. The molecule has 0 fully saturated rings. The van der Waals surface area contributed by atoms with E-state index in [-0.39, 0.29) is 6.17 Å². The lowest BCUT2D eigenvalue weighted by Gasteiger charge is -2.25. The second kappa shape index (κ2) is 11.3. The van der Waals surface area contributed by atoms with E-state index >= 15 is 0 Å². The second-order valence-electron chi connectivity index (χ2n) is 11.8. The predicted octanol–water partition coefficient (Wildman–Crippen LogP) is 10.6. The van der Waals surface area contributed by atoms with Crippen LogP contribution in [0.5, 0.6) is 0 Å². The Morgan fingerprint density at radius 1 is 0.489 bits per heavy atom. The molecule has 4 nitrogen and oxygen atoms in total. The van der Waals surface area contributed by atoms with Crippen molar-refractivity contribution in [1.29, 1.82) is 0 Å². The minimum atomic E-state index is -0.331. The minimum absolute atomic E-state index is 0.331. The molecule has 0 saturated heterocycles. The van der Waals surface area contributed by atoms with Gasteiger partial charge in [0.15, 0.2) is 5.84 Å². The van der Waals surface area contributed by atoms with E-state index in [0.717, 1.165) is 61.0 Å². The van der Waals surface area contributed by atoms with Gasteiger partial charge in [-0.3, -0.25) is 0 Å². The van der Waals surface area contributed by atoms with Crippen molar-refractivity contribution in [2.24, 2.45) is 9.98 Å². The maximum atomic E-state index is 6.65. The smallest absolute Gasteiger partial charge is 0.160 e. The Labute approximate surface area is 272 Å². The van der Waals surface area contributed by atoms with Crippen molar-refractivity contribution < 1.29 is 4.42 Å². The van der Waals surface area contributed by atoms with Gasteiger partial charge in [-0.15, -0.1) is 0 Å². The quantitative estimate of drug-likeness (QED) is 0.213. The van der Waals surface area contributed by atoms with E-state index in [9.17, 15) is 0 Å². The Morgan fingerprint density at radius 3 is 1.91 bits per heavy atom. The van der Waals surface area contributed by atoms with Crippen LogP contribution < -0.4 is 5.32 Å². The standard InChI is InChI=1S/C43H29N3O/c1-3-12-28(13-4-1)29-22-24-31(25-23-29)34-26-27-37(39-36-19-9-10-21-38(36)47-40(34)39)43-45-41(32-15-5-2-6-16-32)44-42(46-43)35-20-11-17-30-14-7-8-18-33(30)35/h1-27,42H,(H,44,45,46). The fourth-order valence-corrected chi connectivity index (χ4v) is 6.68. The Hall–Kier alpha value is -6.26. The van der Waals surface area contributed by atoms with E-state index in [1.165, 1.54) is 16.5 Å². The summed E-state index contributed by atoms with van der Waals surface area (Å²) in [5.41, 5.74) is 9.22. The first kappa shape index (κ1) is 27.1. The van der Waals surface area contributed by atoms with Crippen molar-refractivity contribution in [3.05, 3.63) is 180 Å². The molecule has 0 aliphatic carbocycles. The van der Waals surface area contributed by atoms with Gasteiger partial charge in [-0.05, 0) is 45.7 Å². The lowest BCUT2D eigenvalue weighted by Crippen LogP contribution is -2.33. The third-order valence-electron chi connectivity index (χ3n) is 8.98. The molecule has 1 aliphatic heterocycles. The maximum absolute atomic E-state index is 6.65. The first-order valence-electron chi connectivity index (χ1n) is 15.9. The monoisotopic (exact) mass is 603 g/mol. The fraction of sp³-hybridized carbons (Fsp3) is 0.0233. The van der Waals surface area contributed by atoms with Crippen LogP contribution in [0.3, 0.4) is 0 Å². The van der Waals surface area contributed by atoms with Gasteiger partial charge in [-0.25, -0.2) is 9.98 Å². The van der Waals surface area contributed by atoms with Crippen LogP contribution >= 0.6 is 0 Å². The van der Waals surface area contributed by atoms with Gasteiger partial charge in [0.25, 0.3) is 0 Å². The average Bonchev–Trinajstić information content (AvgIpc) is 3.55. The number of para-hydroxylation sites is 1. The molecule has 47 heavy (non-hydrogen) atoms. The van der Waals surface area contributed by atoms with Crippen LogP contribution in [-0.2, 0) is 0 Å². The van der Waals surface area contributed by atoms with Crippen LogP contribution in [0.15, 0.2) is 178 Å². The lowest BCUT2D eigenvalue weighted by molar-refractivity contribution is 0.669. The van der Waals surface area contributed by atoms with Gasteiger partial charge in [-0.2, -0.15) is 0 Å². The predicted molar refractivity (Wildman–Crippen MR) is 194 cm³/mol. The molecule has 222 valence electrons. The summed E-state index contributed by atoms with van der Waals surface area (Å²) in [6.45, 7) is 0. The zero-order valence-electron chi connectivity index (χ0n) is 25.5. The van der Waals surface area contributed by atoms with Gasteiger partial charge < -0.3 is 9.73 Å². The van der Waals surface area contributed by atoms with Gasteiger partial charge in [0.1, 0.15) is 23.2 Å². The topological polar surface area (TPSA) is 49.9 Å². The summed E-state index contributed by atoms with van der Waals surface area (Å²) in [7, 11) is 0. The number of furan rings is 1. The van der Waals surface area contributed by atoms with Crippen molar-refractivity contribution in [1.82, 2.24) is 5.32 Å². The third kappa shape index (κ3) is 4.79. The number of benzene rings is 7. The number of aliphatic imine (C=N–C) groups is 2. The highest BCUT2D eigenvalue weighted by Gasteiger charge is 2.25. The number of nitrogens with zero attached hydrogens (tertiary/aromatic N) is 2. The van der Waals surface area contributed by atoms with Gasteiger partial charge in [-0.1, -0.05) is 146 Å². The molecular formula is C43H29N3O. The maximum Gasteiger partial charge on any atom is 0.160 e. The van der Waals surface area contributed by atoms with Crippen LogP contribution in [0.2, 0.25) is 0 Å². The van der Waals surface area contributed by atoms with E-state index in [1.807, 2.05) is 36.4 Å². The summed E-state index contributed by atoms with van der Waals surface area (Å²) in [6.07, 6.45) is -0.331. The minimum Gasteiger partial charge on any atom is -0.455 e. The van der Waals surface area contributed by atoms with E-state index in [1.54, 1.807) is 0 Å². The Bertz CT molecular complexity index is 2470. The number of amidine groups is 2.